The summed E-state index contributed by atoms with van der Waals surface area (Å²) in [6, 6.07) is 1.09. The normalized spacial score (nSPS) is 12.2. The highest BCUT2D eigenvalue weighted by Crippen LogP contribution is 2.00. The third-order valence-electron chi connectivity index (χ3n) is 1.53. The van der Waals surface area contributed by atoms with Crippen LogP contribution in [0.15, 0.2) is 18.5 Å². The smallest absolute Gasteiger partial charge is 0.253 e. The maximum absolute atomic E-state index is 12.6. The van der Waals surface area contributed by atoms with Crippen molar-refractivity contribution in [3.8, 4) is 0 Å². The first kappa shape index (κ1) is 10.6. The lowest BCUT2D eigenvalue weighted by Crippen LogP contribution is -2.30. The van der Waals surface area contributed by atoms with Crippen molar-refractivity contribution in [2.75, 3.05) is 6.54 Å². The van der Waals surface area contributed by atoms with Crippen LogP contribution in [0, 0.1) is 5.82 Å². The summed E-state index contributed by atoms with van der Waals surface area (Å²) < 4.78 is 12.6. The fraction of sp³-hybridized carbons (Fsp3) is 0.333. The molecule has 0 radical (unpaired) electrons. The number of aliphatic hydroxyl groups is 1. The molecule has 0 saturated carbocycles. The SMILES string of the molecule is C[C@@H](O)CNC(=O)c1cncc(F)c1. The lowest BCUT2D eigenvalue weighted by atomic mass is 10.2. The third kappa shape index (κ3) is 3.10. The lowest BCUT2D eigenvalue weighted by Gasteiger charge is -2.06. The molecule has 1 aromatic rings. The number of rotatable bonds is 3. The van der Waals surface area contributed by atoms with Gasteiger partial charge in [0.25, 0.3) is 5.91 Å². The molecule has 0 unspecified atom stereocenters. The van der Waals surface area contributed by atoms with E-state index in [-0.39, 0.29) is 12.1 Å². The van der Waals surface area contributed by atoms with Gasteiger partial charge >= 0.3 is 0 Å². The minimum Gasteiger partial charge on any atom is -0.392 e. The largest absolute Gasteiger partial charge is 0.392 e. The zero-order valence-electron chi connectivity index (χ0n) is 7.70. The van der Waals surface area contributed by atoms with Gasteiger partial charge in [0.05, 0.1) is 17.9 Å². The Morgan fingerprint density at radius 3 is 3.00 bits per heavy atom. The van der Waals surface area contributed by atoms with Crippen molar-refractivity contribution in [2.45, 2.75) is 13.0 Å². The second kappa shape index (κ2) is 4.66. The van der Waals surface area contributed by atoms with E-state index in [9.17, 15) is 9.18 Å². The van der Waals surface area contributed by atoms with E-state index in [1.165, 1.54) is 6.20 Å². The Hall–Kier alpha value is -1.49. The highest BCUT2D eigenvalue weighted by Gasteiger charge is 2.07. The van der Waals surface area contributed by atoms with E-state index in [4.69, 9.17) is 5.11 Å². The molecule has 1 atom stereocenters. The number of nitrogens with zero attached hydrogens (tertiary/aromatic N) is 1. The van der Waals surface area contributed by atoms with E-state index < -0.39 is 17.8 Å². The molecule has 1 amide bonds. The number of aliphatic hydroxyl groups excluding tert-OH is 1. The fourth-order valence-corrected chi connectivity index (χ4v) is 0.879. The highest BCUT2D eigenvalue weighted by atomic mass is 19.1. The van der Waals surface area contributed by atoms with Crippen LogP contribution in [0.1, 0.15) is 17.3 Å². The molecular formula is C9H11FN2O2. The molecule has 76 valence electrons. The van der Waals surface area contributed by atoms with Gasteiger partial charge in [-0.25, -0.2) is 4.39 Å². The summed E-state index contributed by atoms with van der Waals surface area (Å²) in [6.45, 7) is 1.68. The molecule has 0 saturated heterocycles. The average Bonchev–Trinajstić information content (AvgIpc) is 2.14. The van der Waals surface area contributed by atoms with Crippen LogP contribution >= 0.6 is 0 Å². The maximum atomic E-state index is 12.6. The molecule has 0 bridgehead atoms. The van der Waals surface area contributed by atoms with Crippen molar-refractivity contribution in [3.05, 3.63) is 29.8 Å². The van der Waals surface area contributed by atoms with Gasteiger partial charge in [-0.1, -0.05) is 0 Å². The Bertz CT molecular complexity index is 328. The zero-order chi connectivity index (χ0) is 10.6. The van der Waals surface area contributed by atoms with Crippen LogP contribution < -0.4 is 5.32 Å². The van der Waals surface area contributed by atoms with Crippen molar-refractivity contribution in [1.82, 2.24) is 10.3 Å². The van der Waals surface area contributed by atoms with E-state index in [0.29, 0.717) is 0 Å². The van der Waals surface area contributed by atoms with Gasteiger partial charge in [0, 0.05) is 12.7 Å². The molecule has 1 rings (SSSR count). The number of nitrogens with one attached hydrogen (secondary N) is 1. The molecule has 0 spiro atoms. The number of amides is 1. The second-order valence-electron chi connectivity index (χ2n) is 2.95. The molecule has 5 heteroatoms. The maximum Gasteiger partial charge on any atom is 0.253 e. The molecule has 1 heterocycles. The molecule has 14 heavy (non-hydrogen) atoms. The number of carbonyl (C=O) groups excluding carboxylic acids is 1. The van der Waals surface area contributed by atoms with E-state index in [1.54, 1.807) is 6.92 Å². The number of hydrogen-bond donors (Lipinski definition) is 2. The number of pyridine rings is 1. The molecule has 0 fully saturated rings. The second-order valence-corrected chi connectivity index (χ2v) is 2.95. The molecule has 0 aliphatic rings. The molecule has 0 aliphatic heterocycles. The summed E-state index contributed by atoms with van der Waals surface area (Å²) in [6.07, 6.45) is 1.66. The average molecular weight is 198 g/mol. The Morgan fingerprint density at radius 1 is 1.71 bits per heavy atom. The van der Waals surface area contributed by atoms with Crippen molar-refractivity contribution in [3.63, 3.8) is 0 Å². The van der Waals surface area contributed by atoms with Crippen LogP contribution in [0.25, 0.3) is 0 Å². The third-order valence-corrected chi connectivity index (χ3v) is 1.53. The predicted molar refractivity (Wildman–Crippen MR) is 48.2 cm³/mol. The summed E-state index contributed by atoms with van der Waals surface area (Å²) in [7, 11) is 0. The van der Waals surface area contributed by atoms with Gasteiger partial charge in [0.1, 0.15) is 5.82 Å². The van der Waals surface area contributed by atoms with Crippen LogP contribution in [0.2, 0.25) is 0 Å². The summed E-state index contributed by atoms with van der Waals surface area (Å²) in [4.78, 5) is 14.8. The number of halogens is 1. The van der Waals surface area contributed by atoms with Crippen molar-refractivity contribution >= 4 is 5.91 Å². The van der Waals surface area contributed by atoms with Crippen LogP contribution in [0.5, 0.6) is 0 Å². The Balaban J connectivity index is 2.61. The van der Waals surface area contributed by atoms with Crippen molar-refractivity contribution in [2.24, 2.45) is 0 Å². The van der Waals surface area contributed by atoms with Gasteiger partial charge in [0.15, 0.2) is 0 Å². The quantitative estimate of drug-likeness (QED) is 0.735. The minimum atomic E-state index is -0.625. The molecule has 1 aromatic heterocycles. The van der Waals surface area contributed by atoms with E-state index in [2.05, 4.69) is 10.3 Å². The zero-order valence-corrected chi connectivity index (χ0v) is 7.70. The first-order valence-electron chi connectivity index (χ1n) is 4.16. The van der Waals surface area contributed by atoms with Crippen LogP contribution in [0.3, 0.4) is 0 Å². The van der Waals surface area contributed by atoms with Gasteiger partial charge in [-0.05, 0) is 13.0 Å². The summed E-state index contributed by atoms with van der Waals surface area (Å²) >= 11 is 0. The first-order valence-corrected chi connectivity index (χ1v) is 4.16. The molecule has 2 N–H and O–H groups in total. The van der Waals surface area contributed by atoms with Crippen LogP contribution in [0.4, 0.5) is 4.39 Å². The Morgan fingerprint density at radius 2 is 2.43 bits per heavy atom. The highest BCUT2D eigenvalue weighted by molar-refractivity contribution is 5.93. The first-order chi connectivity index (χ1) is 6.59. The minimum absolute atomic E-state index is 0.134. The summed E-state index contributed by atoms with van der Waals surface area (Å²) in [5, 5.41) is 11.3. The summed E-state index contributed by atoms with van der Waals surface area (Å²) in [5.41, 5.74) is 0.144. The number of aromatic nitrogens is 1. The lowest BCUT2D eigenvalue weighted by molar-refractivity contribution is 0.0923. The molecule has 0 aliphatic carbocycles. The van der Waals surface area contributed by atoms with E-state index in [1.807, 2.05) is 0 Å². The van der Waals surface area contributed by atoms with Crippen LogP contribution in [-0.4, -0.2) is 28.6 Å². The van der Waals surface area contributed by atoms with Gasteiger partial charge < -0.3 is 10.4 Å². The Labute approximate surface area is 80.8 Å². The standard InChI is InChI=1S/C9H11FN2O2/c1-6(13)3-12-9(14)7-2-8(10)5-11-4-7/h2,4-6,13H,3H2,1H3,(H,12,14)/t6-/m1/s1. The molecular weight excluding hydrogens is 187 g/mol. The summed E-state index contributed by atoms with van der Waals surface area (Å²) in [5.74, 6) is -1.01. The van der Waals surface area contributed by atoms with Crippen LogP contribution in [-0.2, 0) is 0 Å². The van der Waals surface area contributed by atoms with Gasteiger partial charge in [-0.15, -0.1) is 0 Å². The van der Waals surface area contributed by atoms with E-state index in [0.717, 1.165) is 12.3 Å². The number of carbonyl (C=O) groups is 1. The fourth-order valence-electron chi connectivity index (χ4n) is 0.879. The Kier molecular flexibility index (Phi) is 3.53. The monoisotopic (exact) mass is 198 g/mol. The van der Waals surface area contributed by atoms with Crippen molar-refractivity contribution in [1.29, 1.82) is 0 Å². The van der Waals surface area contributed by atoms with Gasteiger partial charge in [-0.2, -0.15) is 0 Å². The van der Waals surface area contributed by atoms with E-state index >= 15 is 0 Å². The number of hydrogen-bond acceptors (Lipinski definition) is 3. The van der Waals surface area contributed by atoms with Gasteiger partial charge in [0.2, 0.25) is 0 Å². The van der Waals surface area contributed by atoms with Gasteiger partial charge in [-0.3, -0.25) is 9.78 Å². The topological polar surface area (TPSA) is 62.2 Å². The molecule has 4 nitrogen and oxygen atoms in total. The molecule has 0 aromatic carbocycles. The van der Waals surface area contributed by atoms with Crippen molar-refractivity contribution < 1.29 is 14.3 Å². The predicted octanol–water partition coefficient (Wildman–Crippen LogP) is 0.331.